The van der Waals surface area contributed by atoms with Crippen LogP contribution in [0.3, 0.4) is 0 Å². The van der Waals surface area contributed by atoms with E-state index in [-0.39, 0.29) is 6.03 Å². The quantitative estimate of drug-likeness (QED) is 0.855. The van der Waals surface area contributed by atoms with Gasteiger partial charge in [0, 0.05) is 30.5 Å². The van der Waals surface area contributed by atoms with Crippen molar-refractivity contribution in [2.75, 3.05) is 17.3 Å². The highest BCUT2D eigenvalue weighted by molar-refractivity contribution is 5.89. The summed E-state index contributed by atoms with van der Waals surface area (Å²) in [6.07, 6.45) is 4.05. The van der Waals surface area contributed by atoms with Gasteiger partial charge in [-0.1, -0.05) is 6.07 Å². The number of hydrogen-bond acceptors (Lipinski definition) is 4. The van der Waals surface area contributed by atoms with Gasteiger partial charge in [-0.3, -0.25) is 0 Å². The van der Waals surface area contributed by atoms with E-state index in [1.165, 1.54) is 0 Å². The number of hydrogen-bond donors (Lipinski definition) is 2. The second-order valence-electron chi connectivity index (χ2n) is 6.45. The molecule has 1 aliphatic carbocycles. The van der Waals surface area contributed by atoms with Gasteiger partial charge in [0.15, 0.2) is 5.82 Å². The Balaban J connectivity index is 1.56. The first kappa shape index (κ1) is 16.3. The van der Waals surface area contributed by atoms with Crippen molar-refractivity contribution >= 4 is 17.4 Å². The molecule has 1 aromatic carbocycles. The van der Waals surface area contributed by atoms with Crippen molar-refractivity contribution in [2.24, 2.45) is 0 Å². The summed E-state index contributed by atoms with van der Waals surface area (Å²) in [6, 6.07) is 8.46. The van der Waals surface area contributed by atoms with Crippen LogP contribution in [0.2, 0.25) is 0 Å². The van der Waals surface area contributed by atoms with Crippen molar-refractivity contribution in [1.29, 1.82) is 0 Å². The second-order valence-corrected chi connectivity index (χ2v) is 6.45. The molecule has 2 amide bonds. The first-order valence-electron chi connectivity index (χ1n) is 8.30. The van der Waals surface area contributed by atoms with Crippen molar-refractivity contribution in [3.8, 4) is 0 Å². The predicted octanol–water partition coefficient (Wildman–Crippen LogP) is 2.78. The molecule has 24 heavy (non-hydrogen) atoms. The summed E-state index contributed by atoms with van der Waals surface area (Å²) in [5.74, 6) is 0.793. The molecule has 0 spiro atoms. The Morgan fingerprint density at radius 3 is 2.92 bits per heavy atom. The fourth-order valence-electron chi connectivity index (χ4n) is 2.49. The number of nitrogens with one attached hydrogen (secondary N) is 2. The smallest absolute Gasteiger partial charge is 0.319 e. The minimum atomic E-state index is -0.246. The molecule has 0 radical (unpaired) electrons. The maximum Gasteiger partial charge on any atom is 0.319 e. The Kier molecular flexibility index (Phi) is 4.69. The summed E-state index contributed by atoms with van der Waals surface area (Å²) in [5, 5.41) is 13.7. The van der Waals surface area contributed by atoms with E-state index in [0.717, 1.165) is 30.0 Å². The van der Waals surface area contributed by atoms with Crippen LogP contribution in [0.1, 0.15) is 38.6 Å². The topological polar surface area (TPSA) is 75.1 Å². The number of anilines is 2. The van der Waals surface area contributed by atoms with E-state index in [2.05, 4.69) is 39.6 Å². The normalized spacial score (nSPS) is 13.8. The monoisotopic (exact) mass is 328 g/mol. The fourth-order valence-corrected chi connectivity index (χ4v) is 2.49. The van der Waals surface area contributed by atoms with Gasteiger partial charge < -0.3 is 20.1 Å². The van der Waals surface area contributed by atoms with E-state index in [1.807, 2.05) is 35.9 Å². The van der Waals surface area contributed by atoms with Gasteiger partial charge >= 0.3 is 6.03 Å². The summed E-state index contributed by atoms with van der Waals surface area (Å²) in [5.41, 5.74) is 1.83. The van der Waals surface area contributed by atoms with Crippen LogP contribution in [0.5, 0.6) is 0 Å². The van der Waals surface area contributed by atoms with Crippen LogP contribution in [0.25, 0.3) is 0 Å². The molecular formula is C17H24N6O. The zero-order valence-electron chi connectivity index (χ0n) is 14.4. The summed E-state index contributed by atoms with van der Waals surface area (Å²) in [6.45, 7) is 4.62. The number of carbonyl (C=O) groups excluding carboxylic acids is 1. The number of benzene rings is 1. The average molecular weight is 328 g/mol. The molecule has 1 fully saturated rings. The van der Waals surface area contributed by atoms with Gasteiger partial charge in [0.25, 0.3) is 0 Å². The van der Waals surface area contributed by atoms with Crippen LogP contribution in [-0.4, -0.2) is 33.9 Å². The Morgan fingerprint density at radius 2 is 2.21 bits per heavy atom. The lowest BCUT2D eigenvalue weighted by Gasteiger charge is -2.24. The molecule has 0 bridgehead atoms. The van der Waals surface area contributed by atoms with E-state index >= 15 is 0 Å². The SMILES string of the molecule is CC(C)N(C)c1cccc(NC(=O)NCc2nncn2C2CC2)c1. The highest BCUT2D eigenvalue weighted by Crippen LogP contribution is 2.35. The molecule has 7 nitrogen and oxygen atoms in total. The van der Waals surface area contributed by atoms with Crippen LogP contribution in [-0.2, 0) is 6.54 Å². The van der Waals surface area contributed by atoms with Crippen molar-refractivity contribution < 1.29 is 4.79 Å². The first-order chi connectivity index (χ1) is 11.5. The third-order valence-corrected chi connectivity index (χ3v) is 4.28. The molecule has 1 heterocycles. The van der Waals surface area contributed by atoms with Crippen molar-refractivity contribution in [1.82, 2.24) is 20.1 Å². The zero-order chi connectivity index (χ0) is 17.1. The van der Waals surface area contributed by atoms with Crippen LogP contribution in [0, 0.1) is 0 Å². The minimum absolute atomic E-state index is 0.246. The van der Waals surface area contributed by atoms with Gasteiger partial charge in [0.2, 0.25) is 0 Å². The van der Waals surface area contributed by atoms with Crippen molar-refractivity contribution in [3.63, 3.8) is 0 Å². The van der Waals surface area contributed by atoms with E-state index in [4.69, 9.17) is 0 Å². The molecule has 2 aromatic rings. The molecule has 1 aromatic heterocycles. The molecule has 1 aliphatic rings. The molecule has 3 rings (SSSR count). The van der Waals surface area contributed by atoms with Crippen molar-refractivity contribution in [3.05, 3.63) is 36.4 Å². The Labute approximate surface area is 142 Å². The minimum Gasteiger partial charge on any atom is -0.372 e. The van der Waals surface area contributed by atoms with E-state index in [9.17, 15) is 4.79 Å². The predicted molar refractivity (Wildman–Crippen MR) is 94.1 cm³/mol. The number of amides is 2. The number of carbonyl (C=O) groups is 1. The van der Waals surface area contributed by atoms with Crippen LogP contribution in [0.4, 0.5) is 16.2 Å². The maximum atomic E-state index is 12.1. The number of aromatic nitrogens is 3. The second kappa shape index (κ2) is 6.90. The molecule has 0 atom stereocenters. The third-order valence-electron chi connectivity index (χ3n) is 4.28. The van der Waals surface area contributed by atoms with E-state index < -0.39 is 0 Å². The lowest BCUT2D eigenvalue weighted by Crippen LogP contribution is -2.29. The number of urea groups is 1. The van der Waals surface area contributed by atoms with Crippen LogP contribution >= 0.6 is 0 Å². The third kappa shape index (κ3) is 3.84. The molecule has 128 valence electrons. The van der Waals surface area contributed by atoms with Gasteiger partial charge in [-0.25, -0.2) is 4.79 Å². The van der Waals surface area contributed by atoms with Crippen molar-refractivity contribution in [2.45, 2.75) is 45.3 Å². The summed E-state index contributed by atoms with van der Waals surface area (Å²) in [4.78, 5) is 14.3. The molecular weight excluding hydrogens is 304 g/mol. The molecule has 1 saturated carbocycles. The lowest BCUT2D eigenvalue weighted by molar-refractivity contribution is 0.251. The highest BCUT2D eigenvalue weighted by atomic mass is 16.2. The van der Waals surface area contributed by atoms with Crippen LogP contribution in [0.15, 0.2) is 30.6 Å². The average Bonchev–Trinajstić information content (AvgIpc) is 3.30. The van der Waals surface area contributed by atoms with Gasteiger partial charge in [-0.2, -0.15) is 0 Å². The van der Waals surface area contributed by atoms with Gasteiger partial charge in [-0.15, -0.1) is 10.2 Å². The van der Waals surface area contributed by atoms with Gasteiger partial charge in [-0.05, 0) is 44.9 Å². The molecule has 0 aliphatic heterocycles. The maximum absolute atomic E-state index is 12.1. The highest BCUT2D eigenvalue weighted by Gasteiger charge is 2.26. The standard InChI is InChI=1S/C17H24N6O/c1-12(2)22(3)15-6-4-5-13(9-15)20-17(24)18-10-16-21-19-11-23(16)14-7-8-14/h4-6,9,11-12,14H,7-8,10H2,1-3H3,(H2,18,20,24). The Bertz CT molecular complexity index is 707. The number of rotatable bonds is 6. The van der Waals surface area contributed by atoms with E-state index in [0.29, 0.717) is 18.6 Å². The molecule has 7 heteroatoms. The van der Waals surface area contributed by atoms with Gasteiger partial charge in [0.1, 0.15) is 6.33 Å². The summed E-state index contributed by atoms with van der Waals surface area (Å²) < 4.78 is 2.04. The first-order valence-corrected chi connectivity index (χ1v) is 8.30. The lowest BCUT2D eigenvalue weighted by atomic mass is 10.2. The Morgan fingerprint density at radius 1 is 1.42 bits per heavy atom. The Hall–Kier alpha value is -2.57. The molecule has 0 unspecified atom stereocenters. The van der Waals surface area contributed by atoms with Crippen LogP contribution < -0.4 is 15.5 Å². The van der Waals surface area contributed by atoms with E-state index in [1.54, 1.807) is 6.33 Å². The largest absolute Gasteiger partial charge is 0.372 e. The molecule has 2 N–H and O–H groups in total. The molecule has 0 saturated heterocycles. The number of nitrogens with zero attached hydrogens (tertiary/aromatic N) is 4. The fraction of sp³-hybridized carbons (Fsp3) is 0.471. The van der Waals surface area contributed by atoms with Gasteiger partial charge in [0.05, 0.1) is 6.54 Å². The zero-order valence-corrected chi connectivity index (χ0v) is 14.4. The summed E-state index contributed by atoms with van der Waals surface area (Å²) >= 11 is 0. The summed E-state index contributed by atoms with van der Waals surface area (Å²) in [7, 11) is 2.04.